The average molecular weight is 217 g/mol. The second-order valence-electron chi connectivity index (χ2n) is 3.79. The quantitative estimate of drug-likeness (QED) is 0.839. The van der Waals surface area contributed by atoms with E-state index in [9.17, 15) is 4.79 Å². The summed E-state index contributed by atoms with van der Waals surface area (Å²) < 4.78 is 5.34. The largest absolute Gasteiger partial charge is 0.496 e. The molecule has 3 nitrogen and oxygen atoms in total. The Morgan fingerprint density at radius 1 is 1.38 bits per heavy atom. The minimum absolute atomic E-state index is 0.0161. The van der Waals surface area contributed by atoms with Gasteiger partial charge in [-0.3, -0.25) is 4.79 Å². The van der Waals surface area contributed by atoms with Crippen LogP contribution < -0.4 is 10.3 Å². The lowest BCUT2D eigenvalue weighted by molar-refractivity contribution is 0.419. The number of benzene rings is 1. The van der Waals surface area contributed by atoms with Crippen molar-refractivity contribution in [3.8, 4) is 5.75 Å². The molecule has 0 amide bonds. The number of hydrogen-bond acceptors (Lipinski definition) is 2. The summed E-state index contributed by atoms with van der Waals surface area (Å²) in [4.78, 5) is 14.6. The van der Waals surface area contributed by atoms with Gasteiger partial charge >= 0.3 is 0 Å². The molecule has 2 rings (SSSR count). The van der Waals surface area contributed by atoms with Crippen LogP contribution >= 0.6 is 0 Å². The second-order valence-corrected chi connectivity index (χ2v) is 3.79. The van der Waals surface area contributed by atoms with Gasteiger partial charge in [-0.2, -0.15) is 0 Å². The number of H-pyrrole nitrogens is 1. The van der Waals surface area contributed by atoms with E-state index in [4.69, 9.17) is 4.74 Å². The van der Waals surface area contributed by atoms with Crippen LogP contribution in [0.2, 0.25) is 0 Å². The summed E-state index contributed by atoms with van der Waals surface area (Å²) in [5.41, 5.74) is 2.67. The van der Waals surface area contributed by atoms with Gasteiger partial charge in [-0.05, 0) is 31.0 Å². The van der Waals surface area contributed by atoms with E-state index < -0.39 is 0 Å². The number of nitrogens with one attached hydrogen (secondary N) is 1. The highest BCUT2D eigenvalue weighted by molar-refractivity contribution is 5.89. The maximum absolute atomic E-state index is 11.7. The maximum atomic E-state index is 11.7. The Balaban J connectivity index is 2.98. The van der Waals surface area contributed by atoms with Gasteiger partial charge in [-0.15, -0.1) is 0 Å². The summed E-state index contributed by atoms with van der Waals surface area (Å²) in [6.45, 7) is 3.90. The van der Waals surface area contributed by atoms with E-state index >= 15 is 0 Å². The lowest BCUT2D eigenvalue weighted by Crippen LogP contribution is -2.13. The van der Waals surface area contributed by atoms with Crippen molar-refractivity contribution in [1.29, 1.82) is 0 Å². The number of pyridine rings is 1. The van der Waals surface area contributed by atoms with Crippen molar-refractivity contribution < 1.29 is 4.74 Å². The maximum Gasteiger partial charge on any atom is 0.251 e. The SMILES string of the molecule is CCc1c(C)c(=O)[nH]c2cccc(OC)c12. The highest BCUT2D eigenvalue weighted by Crippen LogP contribution is 2.28. The van der Waals surface area contributed by atoms with Crippen molar-refractivity contribution in [2.45, 2.75) is 20.3 Å². The molecule has 2 aromatic rings. The van der Waals surface area contributed by atoms with Crippen molar-refractivity contribution in [3.63, 3.8) is 0 Å². The van der Waals surface area contributed by atoms with Gasteiger partial charge < -0.3 is 9.72 Å². The lowest BCUT2D eigenvalue weighted by atomic mass is 10.0. The van der Waals surface area contributed by atoms with Crippen LogP contribution in [0.5, 0.6) is 5.75 Å². The van der Waals surface area contributed by atoms with Crippen molar-refractivity contribution in [3.05, 3.63) is 39.7 Å². The minimum atomic E-state index is -0.0161. The van der Waals surface area contributed by atoms with Crippen LogP contribution in [0.3, 0.4) is 0 Å². The predicted molar refractivity (Wildman–Crippen MR) is 65.2 cm³/mol. The Morgan fingerprint density at radius 3 is 2.75 bits per heavy atom. The first-order valence-corrected chi connectivity index (χ1v) is 5.37. The summed E-state index contributed by atoms with van der Waals surface area (Å²) in [7, 11) is 1.65. The smallest absolute Gasteiger partial charge is 0.251 e. The Morgan fingerprint density at radius 2 is 2.12 bits per heavy atom. The molecule has 1 N–H and O–H groups in total. The molecule has 0 saturated carbocycles. The first kappa shape index (κ1) is 10.7. The lowest BCUT2D eigenvalue weighted by Gasteiger charge is -2.11. The van der Waals surface area contributed by atoms with Gasteiger partial charge in [-0.25, -0.2) is 0 Å². The normalized spacial score (nSPS) is 10.7. The van der Waals surface area contributed by atoms with Gasteiger partial charge in [0.25, 0.3) is 5.56 Å². The van der Waals surface area contributed by atoms with Gasteiger partial charge in [0.15, 0.2) is 0 Å². The average Bonchev–Trinajstić information content (AvgIpc) is 2.30. The van der Waals surface area contributed by atoms with E-state index in [0.29, 0.717) is 0 Å². The van der Waals surface area contributed by atoms with Crippen LogP contribution in [0.4, 0.5) is 0 Å². The Hall–Kier alpha value is -1.77. The number of methoxy groups -OCH3 is 1. The summed E-state index contributed by atoms with van der Waals surface area (Å²) in [5, 5.41) is 1.02. The Kier molecular flexibility index (Phi) is 2.69. The first-order valence-electron chi connectivity index (χ1n) is 5.37. The molecule has 3 heteroatoms. The summed E-state index contributed by atoms with van der Waals surface area (Å²) in [6, 6.07) is 5.70. The summed E-state index contributed by atoms with van der Waals surface area (Å²) in [6.07, 6.45) is 0.826. The second kappa shape index (κ2) is 4.00. The molecular weight excluding hydrogens is 202 g/mol. The van der Waals surface area contributed by atoms with Gasteiger partial charge in [-0.1, -0.05) is 13.0 Å². The molecule has 1 heterocycles. The molecule has 0 bridgehead atoms. The summed E-state index contributed by atoms with van der Waals surface area (Å²) >= 11 is 0. The van der Waals surface area contributed by atoms with E-state index in [1.165, 1.54) is 0 Å². The molecule has 16 heavy (non-hydrogen) atoms. The monoisotopic (exact) mass is 217 g/mol. The van der Waals surface area contributed by atoms with E-state index in [2.05, 4.69) is 4.98 Å². The molecule has 0 spiro atoms. The topological polar surface area (TPSA) is 42.1 Å². The number of aryl methyl sites for hydroxylation is 1. The Bertz CT molecular complexity index is 584. The van der Waals surface area contributed by atoms with Crippen molar-refractivity contribution in [1.82, 2.24) is 4.98 Å². The standard InChI is InChI=1S/C13H15NO2/c1-4-9-8(2)13(15)14-10-6-5-7-11(16-3)12(9)10/h5-7H,4H2,1-3H3,(H,14,15). The van der Waals surface area contributed by atoms with Crippen LogP contribution in [0.25, 0.3) is 10.9 Å². The number of aromatic nitrogens is 1. The molecule has 0 radical (unpaired) electrons. The molecular formula is C13H15NO2. The molecule has 0 aliphatic carbocycles. The van der Waals surface area contributed by atoms with Gasteiger partial charge in [0.1, 0.15) is 5.75 Å². The Labute approximate surface area is 94.1 Å². The van der Waals surface area contributed by atoms with Crippen LogP contribution in [0, 0.1) is 6.92 Å². The van der Waals surface area contributed by atoms with Crippen LogP contribution in [-0.4, -0.2) is 12.1 Å². The molecule has 0 fully saturated rings. The zero-order valence-electron chi connectivity index (χ0n) is 9.76. The summed E-state index contributed by atoms with van der Waals surface area (Å²) in [5.74, 6) is 0.814. The third-order valence-corrected chi connectivity index (χ3v) is 2.94. The molecule has 0 atom stereocenters. The minimum Gasteiger partial charge on any atom is -0.496 e. The van der Waals surface area contributed by atoms with E-state index in [0.717, 1.165) is 34.2 Å². The fraction of sp³-hybridized carbons (Fsp3) is 0.308. The van der Waals surface area contributed by atoms with Gasteiger partial charge in [0.05, 0.1) is 12.6 Å². The zero-order chi connectivity index (χ0) is 11.7. The predicted octanol–water partition coefficient (Wildman–Crippen LogP) is 2.41. The van der Waals surface area contributed by atoms with Crippen LogP contribution in [0.15, 0.2) is 23.0 Å². The van der Waals surface area contributed by atoms with E-state index in [1.54, 1.807) is 7.11 Å². The van der Waals surface area contributed by atoms with Gasteiger partial charge in [0, 0.05) is 10.9 Å². The van der Waals surface area contributed by atoms with Crippen molar-refractivity contribution in [2.75, 3.05) is 7.11 Å². The fourth-order valence-electron chi connectivity index (χ4n) is 2.10. The molecule has 1 aromatic carbocycles. The van der Waals surface area contributed by atoms with Crippen LogP contribution in [0.1, 0.15) is 18.1 Å². The zero-order valence-corrected chi connectivity index (χ0v) is 9.76. The number of aromatic amines is 1. The molecule has 0 saturated heterocycles. The fourth-order valence-corrected chi connectivity index (χ4v) is 2.10. The third-order valence-electron chi connectivity index (χ3n) is 2.94. The van der Waals surface area contributed by atoms with E-state index in [1.807, 2.05) is 32.0 Å². The number of fused-ring (bicyclic) bond motifs is 1. The molecule has 0 aliphatic rings. The highest BCUT2D eigenvalue weighted by atomic mass is 16.5. The van der Waals surface area contributed by atoms with Gasteiger partial charge in [0.2, 0.25) is 0 Å². The molecule has 84 valence electrons. The molecule has 0 aliphatic heterocycles. The highest BCUT2D eigenvalue weighted by Gasteiger charge is 2.11. The van der Waals surface area contributed by atoms with Crippen molar-refractivity contribution in [2.24, 2.45) is 0 Å². The van der Waals surface area contributed by atoms with Crippen molar-refractivity contribution >= 4 is 10.9 Å². The number of ether oxygens (including phenoxy) is 1. The first-order chi connectivity index (χ1) is 7.69. The molecule has 0 unspecified atom stereocenters. The number of rotatable bonds is 2. The third kappa shape index (κ3) is 1.48. The van der Waals surface area contributed by atoms with Crippen LogP contribution in [-0.2, 0) is 6.42 Å². The molecule has 1 aromatic heterocycles. The number of hydrogen-bond donors (Lipinski definition) is 1. The van der Waals surface area contributed by atoms with E-state index in [-0.39, 0.29) is 5.56 Å².